The SMILES string of the molecule is CCN(c1ccccc1)c1ccc(C(=O)Nc2ccc(OC)c(OC)c2)nn1. The zero-order valence-corrected chi connectivity index (χ0v) is 16.0. The lowest BCUT2D eigenvalue weighted by molar-refractivity contribution is 0.102. The summed E-state index contributed by atoms with van der Waals surface area (Å²) in [5.74, 6) is 1.44. The van der Waals surface area contributed by atoms with Crippen LogP contribution >= 0.6 is 0 Å². The van der Waals surface area contributed by atoms with E-state index >= 15 is 0 Å². The first-order valence-electron chi connectivity index (χ1n) is 8.86. The summed E-state index contributed by atoms with van der Waals surface area (Å²) >= 11 is 0. The van der Waals surface area contributed by atoms with Crippen LogP contribution in [0.15, 0.2) is 60.7 Å². The van der Waals surface area contributed by atoms with E-state index in [2.05, 4.69) is 15.5 Å². The summed E-state index contributed by atoms with van der Waals surface area (Å²) in [6.07, 6.45) is 0. The van der Waals surface area contributed by atoms with E-state index < -0.39 is 0 Å². The number of methoxy groups -OCH3 is 2. The predicted molar refractivity (Wildman–Crippen MR) is 109 cm³/mol. The molecule has 0 aliphatic rings. The number of benzene rings is 2. The summed E-state index contributed by atoms with van der Waals surface area (Å²) < 4.78 is 10.4. The molecule has 1 aromatic heterocycles. The van der Waals surface area contributed by atoms with E-state index in [0.717, 1.165) is 12.2 Å². The third kappa shape index (κ3) is 4.20. The summed E-state index contributed by atoms with van der Waals surface area (Å²) in [5.41, 5.74) is 1.82. The summed E-state index contributed by atoms with van der Waals surface area (Å²) in [7, 11) is 3.10. The Labute approximate surface area is 163 Å². The lowest BCUT2D eigenvalue weighted by Gasteiger charge is -2.21. The average molecular weight is 378 g/mol. The number of ether oxygens (including phenoxy) is 2. The lowest BCUT2D eigenvalue weighted by Crippen LogP contribution is -2.19. The Morgan fingerprint density at radius 2 is 1.71 bits per heavy atom. The highest BCUT2D eigenvalue weighted by atomic mass is 16.5. The molecule has 0 unspecified atom stereocenters. The second-order valence-electron chi connectivity index (χ2n) is 5.88. The molecule has 3 rings (SSSR count). The lowest BCUT2D eigenvalue weighted by atomic mass is 10.2. The van der Waals surface area contributed by atoms with Gasteiger partial charge in [-0.2, -0.15) is 0 Å². The van der Waals surface area contributed by atoms with Gasteiger partial charge in [0, 0.05) is 24.0 Å². The third-order valence-electron chi connectivity index (χ3n) is 4.19. The van der Waals surface area contributed by atoms with Crippen molar-refractivity contribution in [3.05, 3.63) is 66.4 Å². The Bertz CT molecular complexity index is 930. The quantitative estimate of drug-likeness (QED) is 0.672. The molecule has 1 amide bonds. The molecule has 0 aliphatic carbocycles. The van der Waals surface area contributed by atoms with Gasteiger partial charge in [0.15, 0.2) is 23.0 Å². The van der Waals surface area contributed by atoms with E-state index in [0.29, 0.717) is 23.0 Å². The molecule has 0 atom stereocenters. The first-order chi connectivity index (χ1) is 13.7. The number of aromatic nitrogens is 2. The van der Waals surface area contributed by atoms with E-state index in [-0.39, 0.29) is 11.6 Å². The molecule has 28 heavy (non-hydrogen) atoms. The maximum Gasteiger partial charge on any atom is 0.276 e. The Morgan fingerprint density at radius 3 is 2.32 bits per heavy atom. The number of anilines is 3. The number of hydrogen-bond acceptors (Lipinski definition) is 6. The highest BCUT2D eigenvalue weighted by molar-refractivity contribution is 6.03. The first-order valence-corrected chi connectivity index (χ1v) is 8.86. The van der Waals surface area contributed by atoms with Crippen molar-refractivity contribution in [2.75, 3.05) is 31.0 Å². The predicted octanol–water partition coefficient (Wildman–Crippen LogP) is 3.90. The van der Waals surface area contributed by atoms with Gasteiger partial charge in [-0.15, -0.1) is 10.2 Å². The van der Waals surface area contributed by atoms with E-state index in [1.54, 1.807) is 44.6 Å². The Balaban J connectivity index is 1.75. The smallest absolute Gasteiger partial charge is 0.276 e. The molecular weight excluding hydrogens is 356 g/mol. The molecule has 0 spiro atoms. The summed E-state index contributed by atoms with van der Waals surface area (Å²) in [4.78, 5) is 14.5. The van der Waals surface area contributed by atoms with Crippen LogP contribution in [0.5, 0.6) is 11.5 Å². The van der Waals surface area contributed by atoms with Crippen LogP contribution in [0.3, 0.4) is 0 Å². The molecule has 0 fully saturated rings. The van der Waals surface area contributed by atoms with Crippen LogP contribution < -0.4 is 19.7 Å². The normalized spacial score (nSPS) is 10.2. The fraction of sp³-hybridized carbons (Fsp3) is 0.190. The molecule has 144 valence electrons. The number of rotatable bonds is 7. The number of nitrogens with zero attached hydrogens (tertiary/aromatic N) is 3. The average Bonchev–Trinajstić information content (AvgIpc) is 2.75. The van der Waals surface area contributed by atoms with Crippen molar-refractivity contribution < 1.29 is 14.3 Å². The summed E-state index contributed by atoms with van der Waals surface area (Å²) in [6.45, 7) is 2.77. The minimum absolute atomic E-state index is 0.225. The summed E-state index contributed by atoms with van der Waals surface area (Å²) in [5, 5.41) is 11.1. The fourth-order valence-electron chi connectivity index (χ4n) is 2.78. The molecule has 3 aromatic rings. The van der Waals surface area contributed by atoms with Crippen molar-refractivity contribution in [2.24, 2.45) is 0 Å². The molecule has 1 heterocycles. The first kappa shape index (κ1) is 19.2. The molecule has 7 heteroatoms. The van der Waals surface area contributed by atoms with Gasteiger partial charge in [-0.3, -0.25) is 4.79 Å². The van der Waals surface area contributed by atoms with E-state index in [1.165, 1.54) is 0 Å². The van der Waals surface area contributed by atoms with Gasteiger partial charge in [-0.1, -0.05) is 18.2 Å². The van der Waals surface area contributed by atoms with Gasteiger partial charge < -0.3 is 19.7 Å². The van der Waals surface area contributed by atoms with Crippen molar-refractivity contribution in [1.82, 2.24) is 10.2 Å². The maximum absolute atomic E-state index is 12.5. The zero-order valence-electron chi connectivity index (χ0n) is 16.0. The summed E-state index contributed by atoms with van der Waals surface area (Å²) in [6, 6.07) is 18.5. The van der Waals surface area contributed by atoms with Crippen molar-refractivity contribution >= 4 is 23.1 Å². The molecule has 7 nitrogen and oxygen atoms in total. The molecular formula is C21H22N4O3. The van der Waals surface area contributed by atoms with Crippen LogP contribution in [0.1, 0.15) is 17.4 Å². The molecule has 2 aromatic carbocycles. The highest BCUT2D eigenvalue weighted by Gasteiger charge is 2.13. The van der Waals surface area contributed by atoms with Gasteiger partial charge in [0.1, 0.15) is 0 Å². The van der Waals surface area contributed by atoms with Crippen LogP contribution in [0.25, 0.3) is 0 Å². The van der Waals surface area contributed by atoms with Gasteiger partial charge in [0.2, 0.25) is 0 Å². The van der Waals surface area contributed by atoms with Gasteiger partial charge >= 0.3 is 0 Å². The van der Waals surface area contributed by atoms with Crippen molar-refractivity contribution in [3.63, 3.8) is 0 Å². The van der Waals surface area contributed by atoms with E-state index in [9.17, 15) is 4.79 Å². The van der Waals surface area contributed by atoms with Crippen LogP contribution in [0, 0.1) is 0 Å². The second-order valence-corrected chi connectivity index (χ2v) is 5.88. The maximum atomic E-state index is 12.5. The van der Waals surface area contributed by atoms with Crippen molar-refractivity contribution in [1.29, 1.82) is 0 Å². The van der Waals surface area contributed by atoms with Crippen molar-refractivity contribution in [2.45, 2.75) is 6.92 Å². The standard InChI is InChI=1S/C21H22N4O3/c1-4-25(16-8-6-5-7-9-16)20-13-11-17(23-24-20)21(26)22-15-10-12-18(27-2)19(14-15)28-3/h5-14H,4H2,1-3H3,(H,22,26). The molecule has 0 saturated carbocycles. The van der Waals surface area contributed by atoms with Gasteiger partial charge in [-0.25, -0.2) is 0 Å². The van der Waals surface area contributed by atoms with Crippen LogP contribution in [-0.2, 0) is 0 Å². The van der Waals surface area contributed by atoms with Crippen LogP contribution in [-0.4, -0.2) is 36.9 Å². The van der Waals surface area contributed by atoms with E-state index in [1.807, 2.05) is 42.2 Å². The number of hydrogen-bond donors (Lipinski definition) is 1. The Morgan fingerprint density at radius 1 is 0.964 bits per heavy atom. The highest BCUT2D eigenvalue weighted by Crippen LogP contribution is 2.30. The minimum Gasteiger partial charge on any atom is -0.493 e. The monoisotopic (exact) mass is 378 g/mol. The number of carbonyl (C=O) groups is 1. The van der Waals surface area contributed by atoms with Crippen LogP contribution in [0.2, 0.25) is 0 Å². The Hall–Kier alpha value is -3.61. The number of carbonyl (C=O) groups excluding carboxylic acids is 1. The van der Waals surface area contributed by atoms with Crippen LogP contribution in [0.4, 0.5) is 17.2 Å². The minimum atomic E-state index is -0.353. The molecule has 0 bridgehead atoms. The number of nitrogens with one attached hydrogen (secondary N) is 1. The molecule has 0 saturated heterocycles. The molecule has 0 radical (unpaired) electrons. The molecule has 0 aliphatic heterocycles. The van der Waals surface area contributed by atoms with Crippen molar-refractivity contribution in [3.8, 4) is 11.5 Å². The zero-order chi connectivity index (χ0) is 19.9. The largest absolute Gasteiger partial charge is 0.493 e. The number of para-hydroxylation sites is 1. The topological polar surface area (TPSA) is 76.6 Å². The van der Waals surface area contributed by atoms with Gasteiger partial charge in [0.05, 0.1) is 14.2 Å². The van der Waals surface area contributed by atoms with E-state index in [4.69, 9.17) is 9.47 Å². The van der Waals surface area contributed by atoms with Gasteiger partial charge in [0.25, 0.3) is 5.91 Å². The second kappa shape index (κ2) is 8.85. The third-order valence-corrected chi connectivity index (χ3v) is 4.19. The molecule has 1 N–H and O–H groups in total. The number of amides is 1. The van der Waals surface area contributed by atoms with Gasteiger partial charge in [-0.05, 0) is 43.3 Å². The fourth-order valence-corrected chi connectivity index (χ4v) is 2.78. The Kier molecular flexibility index (Phi) is 6.06.